The second kappa shape index (κ2) is 9.34. The zero-order chi connectivity index (χ0) is 24.7. The van der Waals surface area contributed by atoms with Crippen molar-refractivity contribution in [2.24, 2.45) is 5.92 Å². The van der Waals surface area contributed by atoms with Gasteiger partial charge in [0.05, 0.1) is 29.7 Å². The molecule has 1 aliphatic heterocycles. The van der Waals surface area contributed by atoms with Crippen LogP contribution in [0.3, 0.4) is 0 Å². The Hall–Kier alpha value is -3.39. The fourth-order valence-corrected chi connectivity index (χ4v) is 5.78. The number of carboxylic acids is 1. The Morgan fingerprint density at radius 1 is 1.11 bits per heavy atom. The third-order valence-corrected chi connectivity index (χ3v) is 7.57. The second-order valence-corrected chi connectivity index (χ2v) is 9.67. The first-order valence-electron chi connectivity index (χ1n) is 12.3. The van der Waals surface area contributed by atoms with E-state index in [0.29, 0.717) is 18.7 Å². The number of ether oxygens (including phenoxy) is 1. The molecule has 4 atom stereocenters. The molecule has 184 valence electrons. The van der Waals surface area contributed by atoms with Crippen molar-refractivity contribution in [1.29, 1.82) is 0 Å². The average Bonchev–Trinajstić information content (AvgIpc) is 3.28. The van der Waals surface area contributed by atoms with Crippen molar-refractivity contribution in [2.75, 3.05) is 12.0 Å². The number of carbonyl (C=O) groups excluding carboxylic acids is 1. The van der Waals surface area contributed by atoms with Crippen LogP contribution in [0.2, 0.25) is 0 Å². The van der Waals surface area contributed by atoms with Gasteiger partial charge in [0.2, 0.25) is 0 Å². The number of aliphatic carboxylic acids is 1. The maximum Gasteiger partial charge on any atom is 0.414 e. The van der Waals surface area contributed by atoms with E-state index in [-0.39, 0.29) is 12.1 Å². The van der Waals surface area contributed by atoms with E-state index in [9.17, 15) is 19.8 Å². The number of aryl methyl sites for hydroxylation is 1. The zero-order valence-electron chi connectivity index (χ0n) is 20.1. The summed E-state index contributed by atoms with van der Waals surface area (Å²) in [5, 5.41) is 21.1. The molecule has 1 fully saturated rings. The molecule has 8 nitrogen and oxygen atoms in total. The molecular weight excluding hydrogens is 446 g/mol. The fraction of sp³-hybridized carbons (Fsp3) is 0.444. The molecule has 2 aromatic carbocycles. The van der Waals surface area contributed by atoms with Gasteiger partial charge in [-0.15, -0.1) is 0 Å². The number of benzene rings is 2. The Labute approximate surface area is 204 Å². The molecule has 3 aromatic rings. The average molecular weight is 478 g/mol. The number of imidazole rings is 1. The predicted octanol–water partition coefficient (Wildman–Crippen LogP) is 4.84. The zero-order valence-corrected chi connectivity index (χ0v) is 20.1. The molecule has 0 radical (unpaired) electrons. The third-order valence-electron chi connectivity index (χ3n) is 7.57. The molecule has 1 amide bonds. The first kappa shape index (κ1) is 23.4. The van der Waals surface area contributed by atoms with Gasteiger partial charge in [-0.05, 0) is 56.7 Å². The summed E-state index contributed by atoms with van der Waals surface area (Å²) in [6.07, 6.45) is 2.96. The summed E-state index contributed by atoms with van der Waals surface area (Å²) in [7, 11) is 1.38. The van der Waals surface area contributed by atoms with Crippen molar-refractivity contribution in [1.82, 2.24) is 9.55 Å². The molecule has 2 aliphatic rings. The van der Waals surface area contributed by atoms with E-state index < -0.39 is 24.1 Å². The lowest BCUT2D eigenvalue weighted by molar-refractivity contribution is -0.143. The van der Waals surface area contributed by atoms with Gasteiger partial charge in [-0.2, -0.15) is 0 Å². The minimum absolute atomic E-state index is 0.00136. The van der Waals surface area contributed by atoms with Crippen LogP contribution < -0.4 is 4.90 Å². The van der Waals surface area contributed by atoms with E-state index in [2.05, 4.69) is 4.57 Å². The number of aliphatic hydroxyl groups is 1. The summed E-state index contributed by atoms with van der Waals surface area (Å²) in [6.45, 7) is 2.00. The summed E-state index contributed by atoms with van der Waals surface area (Å²) in [5.74, 6) is -0.676. The number of hydrogen-bond acceptors (Lipinski definition) is 5. The Balaban J connectivity index is 1.69. The van der Waals surface area contributed by atoms with Crippen molar-refractivity contribution < 1.29 is 24.5 Å². The third kappa shape index (κ3) is 4.05. The first-order chi connectivity index (χ1) is 16.9. The van der Waals surface area contributed by atoms with Crippen LogP contribution in [0.4, 0.5) is 10.5 Å². The molecule has 5 rings (SSSR count). The van der Waals surface area contributed by atoms with Crippen molar-refractivity contribution in [3.8, 4) is 0 Å². The van der Waals surface area contributed by atoms with Gasteiger partial charge in [-0.1, -0.05) is 36.8 Å². The van der Waals surface area contributed by atoms with Crippen LogP contribution in [0.5, 0.6) is 0 Å². The highest BCUT2D eigenvalue weighted by atomic mass is 16.5. The first-order valence-corrected chi connectivity index (χ1v) is 12.3. The molecule has 0 spiro atoms. The van der Waals surface area contributed by atoms with Crippen LogP contribution >= 0.6 is 0 Å². The van der Waals surface area contributed by atoms with Crippen molar-refractivity contribution in [3.63, 3.8) is 0 Å². The Kier molecular flexibility index (Phi) is 6.23. The van der Waals surface area contributed by atoms with Crippen molar-refractivity contribution in [2.45, 2.75) is 63.6 Å². The van der Waals surface area contributed by atoms with Crippen molar-refractivity contribution in [3.05, 3.63) is 59.4 Å². The van der Waals surface area contributed by atoms with E-state index in [1.54, 1.807) is 4.90 Å². The Morgan fingerprint density at radius 3 is 2.60 bits per heavy atom. The second-order valence-electron chi connectivity index (χ2n) is 9.67. The Bertz CT molecular complexity index is 1250. The largest absolute Gasteiger partial charge is 0.481 e. The van der Waals surface area contributed by atoms with E-state index >= 15 is 0 Å². The molecule has 2 N–H and O–H groups in total. The highest BCUT2D eigenvalue weighted by molar-refractivity contribution is 5.95. The highest BCUT2D eigenvalue weighted by Gasteiger charge is 2.35. The van der Waals surface area contributed by atoms with Gasteiger partial charge in [0.1, 0.15) is 11.9 Å². The van der Waals surface area contributed by atoms with Crippen LogP contribution in [-0.2, 0) is 16.0 Å². The number of rotatable bonds is 4. The molecule has 35 heavy (non-hydrogen) atoms. The maximum atomic E-state index is 12.6. The summed E-state index contributed by atoms with van der Waals surface area (Å²) < 4.78 is 7.11. The summed E-state index contributed by atoms with van der Waals surface area (Å²) in [4.78, 5) is 31.0. The van der Waals surface area contributed by atoms with Gasteiger partial charge >= 0.3 is 12.1 Å². The number of carbonyl (C=O) groups is 2. The number of nitrogens with zero attached hydrogens (tertiary/aromatic N) is 3. The Morgan fingerprint density at radius 2 is 1.89 bits per heavy atom. The summed E-state index contributed by atoms with van der Waals surface area (Å²) in [6, 6.07) is 13.2. The van der Waals surface area contributed by atoms with Crippen LogP contribution in [0.1, 0.15) is 68.1 Å². The summed E-state index contributed by atoms with van der Waals surface area (Å²) >= 11 is 0. The summed E-state index contributed by atoms with van der Waals surface area (Å²) in [5.41, 5.74) is 4.08. The van der Waals surface area contributed by atoms with Crippen LogP contribution in [-0.4, -0.2) is 45.0 Å². The molecule has 2 heterocycles. The van der Waals surface area contributed by atoms with Gasteiger partial charge in [0, 0.05) is 17.6 Å². The van der Waals surface area contributed by atoms with E-state index in [1.165, 1.54) is 7.11 Å². The number of aliphatic hydroxyl groups excluding tert-OH is 1. The number of methoxy groups -OCH3 is 1. The van der Waals surface area contributed by atoms with Crippen LogP contribution in [0, 0.1) is 5.92 Å². The minimum atomic E-state index is -0.955. The van der Waals surface area contributed by atoms with Gasteiger partial charge in [0.15, 0.2) is 0 Å². The number of fused-ring (bicyclic) bond motifs is 3. The monoisotopic (exact) mass is 477 g/mol. The topological polar surface area (TPSA) is 105 Å². The lowest BCUT2D eigenvalue weighted by Gasteiger charge is -2.34. The fourth-order valence-electron chi connectivity index (χ4n) is 5.78. The number of anilines is 1. The molecule has 1 unspecified atom stereocenters. The van der Waals surface area contributed by atoms with Gasteiger partial charge in [-0.25, -0.2) is 9.78 Å². The van der Waals surface area contributed by atoms with Gasteiger partial charge in [0.25, 0.3) is 0 Å². The lowest BCUT2D eigenvalue weighted by atomic mass is 9.85. The SMILES string of the molecule is COC(=O)N1c2ccc3c(nc(C(O)c4ccccc4)n3[C@@H]3CCC[C@@H](C(=O)O)C3)c2CC[C@@H]1C. The van der Waals surface area contributed by atoms with Crippen molar-refractivity contribution >= 4 is 28.8 Å². The van der Waals surface area contributed by atoms with Crippen LogP contribution in [0.15, 0.2) is 42.5 Å². The van der Waals surface area contributed by atoms with Crippen LogP contribution in [0.25, 0.3) is 11.0 Å². The number of carboxylic acid groups (broad SMARTS) is 1. The smallest absolute Gasteiger partial charge is 0.414 e. The molecule has 8 heteroatoms. The maximum absolute atomic E-state index is 12.6. The minimum Gasteiger partial charge on any atom is -0.481 e. The van der Waals surface area contributed by atoms with Gasteiger partial charge in [-0.3, -0.25) is 9.69 Å². The standard InChI is InChI=1S/C27H31N3O5/c1-16-11-12-20-21(29(16)27(34)35-2)13-14-22-23(20)28-25(24(31)17-7-4-3-5-8-17)30(22)19-10-6-9-18(15-19)26(32)33/h3-5,7-8,13-14,16,18-19,24,31H,6,9-12,15H2,1-2H3,(H,32,33)/t16-,18+,19+,24?/m0/s1. The predicted molar refractivity (Wildman–Crippen MR) is 132 cm³/mol. The van der Waals surface area contributed by atoms with E-state index in [1.807, 2.05) is 49.4 Å². The normalized spacial score (nSPS) is 23.1. The lowest BCUT2D eigenvalue weighted by Crippen LogP contribution is -2.42. The van der Waals surface area contributed by atoms with Gasteiger partial charge < -0.3 is 19.5 Å². The molecule has 1 aromatic heterocycles. The highest BCUT2D eigenvalue weighted by Crippen LogP contribution is 2.42. The number of hydrogen-bond donors (Lipinski definition) is 2. The van der Waals surface area contributed by atoms with E-state index in [4.69, 9.17) is 9.72 Å². The quantitative estimate of drug-likeness (QED) is 0.557. The van der Waals surface area contributed by atoms with E-state index in [0.717, 1.165) is 53.5 Å². The molecule has 1 aliphatic carbocycles. The molecular formula is C27H31N3O5. The number of amides is 1. The molecule has 0 bridgehead atoms. The molecule has 1 saturated carbocycles. The number of aromatic nitrogens is 2. The molecule has 0 saturated heterocycles.